The van der Waals surface area contributed by atoms with Gasteiger partial charge in [-0.3, -0.25) is 4.99 Å². The number of aliphatic imine (C=N–C) groups is 1. The molecule has 1 aromatic heterocycles. The number of hydrogen-bond donors (Lipinski definition) is 1. The second-order valence-electron chi connectivity index (χ2n) is 6.38. The number of rotatable bonds is 4. The Morgan fingerprint density at radius 1 is 1.46 bits per heavy atom. The highest BCUT2D eigenvalue weighted by Crippen LogP contribution is 2.24. The molecule has 136 valence electrons. The summed E-state index contributed by atoms with van der Waals surface area (Å²) < 4.78 is 0. The van der Waals surface area contributed by atoms with Crippen LogP contribution in [0.1, 0.15) is 19.5 Å². The Labute approximate surface area is 167 Å². The van der Waals surface area contributed by atoms with Crippen LogP contribution < -0.4 is 10.2 Å². The van der Waals surface area contributed by atoms with E-state index < -0.39 is 0 Å². The van der Waals surface area contributed by atoms with E-state index in [1.807, 2.05) is 32.1 Å². The molecule has 0 bridgehead atoms. The van der Waals surface area contributed by atoms with Gasteiger partial charge < -0.3 is 15.1 Å². The van der Waals surface area contributed by atoms with Gasteiger partial charge in [-0.1, -0.05) is 19.9 Å². The Morgan fingerprint density at radius 2 is 2.21 bits per heavy atom. The summed E-state index contributed by atoms with van der Waals surface area (Å²) in [5, 5.41) is 4.14. The Morgan fingerprint density at radius 3 is 2.83 bits per heavy atom. The van der Waals surface area contributed by atoms with Crippen LogP contribution in [0.15, 0.2) is 23.2 Å². The molecule has 0 amide bonds. The monoisotopic (exact) mass is 463 g/mol. The molecule has 1 aromatic rings. The van der Waals surface area contributed by atoms with E-state index in [4.69, 9.17) is 0 Å². The van der Waals surface area contributed by atoms with Crippen LogP contribution in [0, 0.1) is 5.92 Å². The predicted molar refractivity (Wildman–Crippen MR) is 117 cm³/mol. The van der Waals surface area contributed by atoms with Crippen molar-refractivity contribution in [3.63, 3.8) is 0 Å². The number of guanidine groups is 1. The number of nitrogens with zero attached hydrogens (tertiary/aromatic N) is 4. The molecule has 0 saturated carbocycles. The molecule has 0 aromatic carbocycles. The first-order chi connectivity index (χ1) is 11.0. The molecule has 1 atom stereocenters. The fraction of sp³-hybridized carbons (Fsp3) is 0.647. The van der Waals surface area contributed by atoms with Crippen molar-refractivity contribution >= 4 is 47.5 Å². The molecule has 5 nitrogen and oxygen atoms in total. The van der Waals surface area contributed by atoms with Crippen LogP contribution in [-0.4, -0.2) is 61.1 Å². The van der Waals surface area contributed by atoms with Gasteiger partial charge >= 0.3 is 0 Å². The maximum absolute atomic E-state index is 4.65. The normalized spacial score (nSPS) is 18.3. The molecule has 1 saturated heterocycles. The van der Waals surface area contributed by atoms with Crippen molar-refractivity contribution in [1.82, 2.24) is 15.2 Å². The highest BCUT2D eigenvalue weighted by atomic mass is 127. The van der Waals surface area contributed by atoms with Crippen LogP contribution in [0.5, 0.6) is 0 Å². The lowest BCUT2D eigenvalue weighted by Gasteiger charge is -2.36. The van der Waals surface area contributed by atoms with Crippen molar-refractivity contribution in [1.29, 1.82) is 0 Å². The minimum absolute atomic E-state index is 0. The largest absolute Gasteiger partial charge is 0.363 e. The van der Waals surface area contributed by atoms with E-state index in [2.05, 4.69) is 57.9 Å². The van der Waals surface area contributed by atoms with Crippen LogP contribution in [0.4, 0.5) is 5.82 Å². The van der Waals surface area contributed by atoms with E-state index >= 15 is 0 Å². The van der Waals surface area contributed by atoms with Gasteiger partial charge in [-0.25, -0.2) is 4.98 Å². The van der Waals surface area contributed by atoms with Gasteiger partial charge in [-0.2, -0.15) is 11.8 Å². The van der Waals surface area contributed by atoms with E-state index in [0.29, 0.717) is 17.7 Å². The molecule has 1 unspecified atom stereocenters. The molecule has 2 heterocycles. The third-order valence-electron chi connectivity index (χ3n) is 4.03. The van der Waals surface area contributed by atoms with Crippen LogP contribution in [0.3, 0.4) is 0 Å². The topological polar surface area (TPSA) is 43.8 Å². The summed E-state index contributed by atoms with van der Waals surface area (Å²) in [6.07, 6.45) is 0. The molecule has 1 fully saturated rings. The van der Waals surface area contributed by atoms with Gasteiger partial charge in [-0.15, -0.1) is 24.0 Å². The Balaban J connectivity index is 0.00000288. The number of nitrogens with one attached hydrogen (secondary N) is 1. The van der Waals surface area contributed by atoms with Crippen molar-refractivity contribution in [2.75, 3.05) is 44.9 Å². The lowest BCUT2D eigenvalue weighted by molar-refractivity contribution is 0.380. The summed E-state index contributed by atoms with van der Waals surface area (Å²) in [6, 6.07) is 6.12. The first-order valence-electron chi connectivity index (χ1n) is 8.21. The van der Waals surface area contributed by atoms with Crippen LogP contribution in [0.2, 0.25) is 0 Å². The van der Waals surface area contributed by atoms with Gasteiger partial charge in [0.05, 0.1) is 12.2 Å². The third kappa shape index (κ3) is 5.98. The lowest BCUT2D eigenvalue weighted by Crippen LogP contribution is -2.48. The van der Waals surface area contributed by atoms with E-state index in [9.17, 15) is 0 Å². The van der Waals surface area contributed by atoms with Gasteiger partial charge in [0.25, 0.3) is 0 Å². The van der Waals surface area contributed by atoms with E-state index in [1.54, 1.807) is 0 Å². The summed E-state index contributed by atoms with van der Waals surface area (Å²) in [6.45, 7) is 7.41. The summed E-state index contributed by atoms with van der Waals surface area (Å²) in [7, 11) is 5.88. The highest BCUT2D eigenvalue weighted by Gasteiger charge is 2.24. The van der Waals surface area contributed by atoms with Crippen LogP contribution in [-0.2, 0) is 6.54 Å². The molecule has 7 heteroatoms. The number of thioether (sulfide) groups is 1. The smallest absolute Gasteiger partial charge is 0.194 e. The average Bonchev–Trinajstić information content (AvgIpc) is 2.56. The van der Waals surface area contributed by atoms with Crippen molar-refractivity contribution in [2.24, 2.45) is 10.9 Å². The number of pyridine rings is 1. The third-order valence-corrected chi connectivity index (χ3v) is 5.57. The zero-order chi connectivity index (χ0) is 16.8. The molecule has 0 spiro atoms. The zero-order valence-electron chi connectivity index (χ0n) is 15.3. The first-order valence-corrected chi connectivity index (χ1v) is 9.26. The standard InChI is InChI=1S/C17H29N5S.HI/c1-13(2)15-12-22(9-10-23-15)17(18-3)19-11-14-7-6-8-16(20-14)21(4)5;/h6-8,13,15H,9-12H2,1-5H3,(H,18,19);1H. The second kappa shape index (κ2) is 10.3. The number of aromatic nitrogens is 1. The molecule has 2 rings (SSSR count). The Kier molecular flexibility index (Phi) is 9.18. The number of anilines is 1. The molecular formula is C17H30IN5S. The molecule has 24 heavy (non-hydrogen) atoms. The maximum Gasteiger partial charge on any atom is 0.194 e. The summed E-state index contributed by atoms with van der Waals surface area (Å²) >= 11 is 2.08. The zero-order valence-corrected chi connectivity index (χ0v) is 18.5. The predicted octanol–water partition coefficient (Wildman–Crippen LogP) is 2.91. The van der Waals surface area contributed by atoms with Crippen molar-refractivity contribution in [3.05, 3.63) is 23.9 Å². The first kappa shape index (κ1) is 21.3. The van der Waals surface area contributed by atoms with E-state index in [-0.39, 0.29) is 24.0 Å². The molecule has 1 aliphatic rings. The number of halogens is 1. The SMILES string of the molecule is CN=C(NCc1cccc(N(C)C)n1)N1CCSC(C(C)C)C1.I. The van der Waals surface area contributed by atoms with Crippen molar-refractivity contribution < 1.29 is 0 Å². The minimum Gasteiger partial charge on any atom is -0.363 e. The van der Waals surface area contributed by atoms with Crippen LogP contribution in [0.25, 0.3) is 0 Å². The second-order valence-corrected chi connectivity index (χ2v) is 7.73. The molecular weight excluding hydrogens is 433 g/mol. The Hall–Kier alpha value is -0.700. The van der Waals surface area contributed by atoms with Crippen molar-refractivity contribution in [3.8, 4) is 0 Å². The van der Waals surface area contributed by atoms with Crippen LogP contribution >= 0.6 is 35.7 Å². The quantitative estimate of drug-likeness (QED) is 0.423. The number of hydrogen-bond acceptors (Lipinski definition) is 4. The van der Waals surface area contributed by atoms with E-state index in [0.717, 1.165) is 36.3 Å². The fourth-order valence-corrected chi connectivity index (χ4v) is 3.89. The van der Waals surface area contributed by atoms with Gasteiger partial charge in [0.1, 0.15) is 5.82 Å². The fourth-order valence-electron chi connectivity index (χ4n) is 2.59. The molecule has 1 aliphatic heterocycles. The summed E-state index contributed by atoms with van der Waals surface area (Å²) in [5.41, 5.74) is 1.03. The van der Waals surface area contributed by atoms with Crippen molar-refractivity contribution in [2.45, 2.75) is 25.6 Å². The highest BCUT2D eigenvalue weighted by molar-refractivity contribution is 14.0. The maximum atomic E-state index is 4.65. The summed E-state index contributed by atoms with van der Waals surface area (Å²) in [5.74, 6) is 3.82. The van der Waals surface area contributed by atoms with Gasteiger partial charge in [0, 0.05) is 45.2 Å². The van der Waals surface area contributed by atoms with Gasteiger partial charge in [0.15, 0.2) is 5.96 Å². The molecule has 0 aliphatic carbocycles. The molecule has 1 N–H and O–H groups in total. The van der Waals surface area contributed by atoms with Gasteiger partial charge in [0.2, 0.25) is 0 Å². The minimum atomic E-state index is 0. The molecule has 0 radical (unpaired) electrons. The van der Waals surface area contributed by atoms with Gasteiger partial charge in [-0.05, 0) is 18.1 Å². The van der Waals surface area contributed by atoms with E-state index in [1.165, 1.54) is 0 Å². The summed E-state index contributed by atoms with van der Waals surface area (Å²) in [4.78, 5) is 13.5. The Bertz CT molecular complexity index is 535. The lowest BCUT2D eigenvalue weighted by atomic mass is 10.1. The average molecular weight is 463 g/mol.